The summed E-state index contributed by atoms with van der Waals surface area (Å²) in [7, 11) is -1.02. The molecule has 0 spiro atoms. The Morgan fingerprint density at radius 1 is 1.00 bits per heavy atom. The first-order valence-corrected chi connectivity index (χ1v) is 8.73. The summed E-state index contributed by atoms with van der Waals surface area (Å²) in [6, 6.07) is 11.9. The lowest BCUT2D eigenvalue weighted by atomic mass is 10.1. The van der Waals surface area contributed by atoms with Crippen molar-refractivity contribution in [2.45, 2.75) is 11.4 Å². The highest BCUT2D eigenvalue weighted by molar-refractivity contribution is 7.89. The molecule has 0 atom stereocenters. The van der Waals surface area contributed by atoms with Crippen LogP contribution in [0.5, 0.6) is 0 Å². The molecule has 2 aromatic carbocycles. The van der Waals surface area contributed by atoms with Crippen molar-refractivity contribution in [3.05, 3.63) is 65.2 Å². The molecular weight excluding hydrogens is 344 g/mol. The monoisotopic (exact) mass is 362 g/mol. The number of methoxy groups -OCH3 is 1. The fraction of sp³-hybridized carbons (Fsp3) is 0.176. The Bertz CT molecular complexity index is 874. The van der Waals surface area contributed by atoms with Crippen LogP contribution in [-0.2, 0) is 21.3 Å². The van der Waals surface area contributed by atoms with E-state index in [1.807, 2.05) is 0 Å². The van der Waals surface area contributed by atoms with Crippen LogP contribution in [-0.4, -0.2) is 38.8 Å². The zero-order valence-electron chi connectivity index (χ0n) is 13.8. The molecule has 0 radical (unpaired) electrons. The van der Waals surface area contributed by atoms with E-state index < -0.39 is 21.9 Å². The van der Waals surface area contributed by atoms with E-state index in [9.17, 15) is 18.0 Å². The number of primary amides is 1. The Balaban J connectivity index is 2.17. The summed E-state index contributed by atoms with van der Waals surface area (Å²) in [6.07, 6.45) is 0. The van der Waals surface area contributed by atoms with Gasteiger partial charge in [-0.15, -0.1) is 0 Å². The van der Waals surface area contributed by atoms with Crippen molar-refractivity contribution in [3.63, 3.8) is 0 Å². The number of rotatable bonds is 6. The number of amides is 1. The Hall–Kier alpha value is -2.71. The molecule has 2 aromatic rings. The summed E-state index contributed by atoms with van der Waals surface area (Å²) >= 11 is 0. The summed E-state index contributed by atoms with van der Waals surface area (Å²) in [4.78, 5) is 22.5. The van der Waals surface area contributed by atoms with Crippen molar-refractivity contribution >= 4 is 21.9 Å². The van der Waals surface area contributed by atoms with Gasteiger partial charge in [-0.25, -0.2) is 13.2 Å². The van der Waals surface area contributed by atoms with Crippen molar-refractivity contribution in [1.82, 2.24) is 4.31 Å². The Morgan fingerprint density at radius 3 is 2.00 bits per heavy atom. The molecule has 1 amide bonds. The fourth-order valence-corrected chi connectivity index (χ4v) is 3.34. The highest BCUT2D eigenvalue weighted by atomic mass is 32.2. The molecule has 0 aromatic heterocycles. The van der Waals surface area contributed by atoms with Gasteiger partial charge in [0.15, 0.2) is 0 Å². The van der Waals surface area contributed by atoms with E-state index in [0.29, 0.717) is 11.1 Å². The number of sulfonamides is 1. The number of carbonyl (C=O) groups excluding carboxylic acids is 2. The Kier molecular flexibility index (Phi) is 5.55. The number of esters is 1. The van der Waals surface area contributed by atoms with E-state index in [0.717, 1.165) is 0 Å². The SMILES string of the molecule is COC(=O)c1ccc(S(=O)(=O)N(C)Cc2ccc(C(N)=O)cc2)cc1. The first-order chi connectivity index (χ1) is 11.8. The van der Waals surface area contributed by atoms with Crippen LogP contribution in [0.2, 0.25) is 0 Å². The van der Waals surface area contributed by atoms with E-state index in [4.69, 9.17) is 5.73 Å². The maximum absolute atomic E-state index is 12.6. The van der Waals surface area contributed by atoms with Crippen LogP contribution < -0.4 is 5.73 Å². The first-order valence-electron chi connectivity index (χ1n) is 7.29. The molecule has 0 aliphatic heterocycles. The van der Waals surface area contributed by atoms with Crippen LogP contribution >= 0.6 is 0 Å². The molecule has 0 fully saturated rings. The fourth-order valence-electron chi connectivity index (χ4n) is 2.18. The van der Waals surface area contributed by atoms with Crippen molar-refractivity contribution in [2.75, 3.05) is 14.2 Å². The number of hydrogen-bond donors (Lipinski definition) is 1. The van der Waals surface area contributed by atoms with Gasteiger partial charge in [0.05, 0.1) is 17.6 Å². The minimum Gasteiger partial charge on any atom is -0.465 e. The third-order valence-electron chi connectivity index (χ3n) is 3.63. The van der Waals surface area contributed by atoms with Gasteiger partial charge in [0, 0.05) is 19.2 Å². The standard InChI is InChI=1S/C17H18N2O5S/c1-19(11-12-3-5-13(6-4-12)16(18)20)25(22,23)15-9-7-14(8-10-15)17(21)24-2/h3-10H,11H2,1-2H3,(H2,18,20). The van der Waals surface area contributed by atoms with Crippen LogP contribution in [0.1, 0.15) is 26.3 Å². The second-order valence-electron chi connectivity index (χ2n) is 5.34. The molecule has 0 saturated heterocycles. The highest BCUT2D eigenvalue weighted by Crippen LogP contribution is 2.18. The maximum Gasteiger partial charge on any atom is 0.337 e. The normalized spacial score (nSPS) is 11.3. The van der Waals surface area contributed by atoms with Crippen LogP contribution in [0.4, 0.5) is 0 Å². The summed E-state index contributed by atoms with van der Waals surface area (Å²) in [6.45, 7) is 0.125. The number of nitrogens with zero attached hydrogens (tertiary/aromatic N) is 1. The highest BCUT2D eigenvalue weighted by Gasteiger charge is 2.21. The molecular formula is C17H18N2O5S. The lowest BCUT2D eigenvalue weighted by Crippen LogP contribution is -2.26. The van der Waals surface area contributed by atoms with Gasteiger partial charge in [0.2, 0.25) is 15.9 Å². The minimum absolute atomic E-state index is 0.0661. The number of hydrogen-bond acceptors (Lipinski definition) is 5. The lowest BCUT2D eigenvalue weighted by Gasteiger charge is -2.17. The molecule has 2 N–H and O–H groups in total. The van der Waals surface area contributed by atoms with E-state index in [1.54, 1.807) is 24.3 Å². The number of ether oxygens (including phenoxy) is 1. The number of carbonyl (C=O) groups is 2. The van der Waals surface area contributed by atoms with Gasteiger partial charge in [-0.3, -0.25) is 4.79 Å². The largest absolute Gasteiger partial charge is 0.465 e. The van der Waals surface area contributed by atoms with Gasteiger partial charge in [0.1, 0.15) is 0 Å². The van der Waals surface area contributed by atoms with Gasteiger partial charge in [-0.1, -0.05) is 12.1 Å². The third-order valence-corrected chi connectivity index (χ3v) is 5.44. The molecule has 0 unspecified atom stereocenters. The van der Waals surface area contributed by atoms with E-state index in [2.05, 4.69) is 4.74 Å². The van der Waals surface area contributed by atoms with E-state index in [-0.39, 0.29) is 17.0 Å². The molecule has 132 valence electrons. The summed E-state index contributed by atoms with van der Waals surface area (Å²) in [5.41, 5.74) is 6.51. The topological polar surface area (TPSA) is 107 Å². The first kappa shape index (κ1) is 18.6. The molecule has 7 nitrogen and oxygen atoms in total. The third kappa shape index (κ3) is 4.23. The summed E-state index contributed by atoms with van der Waals surface area (Å²) in [5, 5.41) is 0. The second-order valence-corrected chi connectivity index (χ2v) is 7.38. The predicted molar refractivity (Wildman–Crippen MR) is 91.4 cm³/mol. The quantitative estimate of drug-likeness (QED) is 0.782. The minimum atomic E-state index is -3.72. The van der Waals surface area contributed by atoms with Gasteiger partial charge < -0.3 is 10.5 Å². The zero-order valence-corrected chi connectivity index (χ0v) is 14.6. The lowest BCUT2D eigenvalue weighted by molar-refractivity contribution is 0.0600. The van der Waals surface area contributed by atoms with Crippen molar-refractivity contribution in [1.29, 1.82) is 0 Å². The summed E-state index contributed by atoms with van der Waals surface area (Å²) in [5.74, 6) is -1.08. The molecule has 0 saturated carbocycles. The van der Waals surface area contributed by atoms with Gasteiger partial charge in [-0.2, -0.15) is 4.31 Å². The molecule has 8 heteroatoms. The van der Waals surface area contributed by atoms with Crippen LogP contribution in [0.3, 0.4) is 0 Å². The zero-order chi connectivity index (χ0) is 18.6. The molecule has 0 bridgehead atoms. The average Bonchev–Trinajstić information content (AvgIpc) is 2.61. The Labute approximate surface area is 146 Å². The van der Waals surface area contributed by atoms with Crippen LogP contribution in [0.25, 0.3) is 0 Å². The smallest absolute Gasteiger partial charge is 0.337 e. The van der Waals surface area contributed by atoms with Crippen molar-refractivity contribution in [3.8, 4) is 0 Å². The van der Waals surface area contributed by atoms with Crippen LogP contribution in [0, 0.1) is 0 Å². The van der Waals surface area contributed by atoms with E-state index in [1.165, 1.54) is 42.7 Å². The van der Waals surface area contributed by atoms with Crippen molar-refractivity contribution < 1.29 is 22.7 Å². The predicted octanol–water partition coefficient (Wildman–Crippen LogP) is 1.39. The molecule has 2 rings (SSSR count). The maximum atomic E-state index is 12.6. The molecule has 0 aliphatic carbocycles. The second kappa shape index (κ2) is 7.45. The molecule has 0 heterocycles. The van der Waals surface area contributed by atoms with E-state index >= 15 is 0 Å². The van der Waals surface area contributed by atoms with Gasteiger partial charge in [-0.05, 0) is 42.0 Å². The molecule has 0 aliphatic rings. The van der Waals surface area contributed by atoms with Gasteiger partial charge >= 0.3 is 5.97 Å². The summed E-state index contributed by atoms with van der Waals surface area (Å²) < 4.78 is 31.0. The number of nitrogens with two attached hydrogens (primary N) is 1. The Morgan fingerprint density at radius 2 is 1.52 bits per heavy atom. The average molecular weight is 362 g/mol. The number of benzene rings is 2. The van der Waals surface area contributed by atoms with Crippen molar-refractivity contribution in [2.24, 2.45) is 5.73 Å². The van der Waals surface area contributed by atoms with Gasteiger partial charge in [0.25, 0.3) is 0 Å². The van der Waals surface area contributed by atoms with Crippen LogP contribution in [0.15, 0.2) is 53.4 Å². The molecule has 25 heavy (non-hydrogen) atoms.